The molecule has 1 N–H and O–H groups in total. The van der Waals surface area contributed by atoms with Crippen LogP contribution in [0.25, 0.3) is 0 Å². The average Bonchev–Trinajstić information content (AvgIpc) is 2.78. The molecule has 0 atom stereocenters. The Morgan fingerprint density at radius 2 is 1.48 bits per heavy atom. The normalized spacial score (nSPS) is 10.3. The van der Waals surface area contributed by atoms with Gasteiger partial charge < -0.3 is 10.1 Å². The molecule has 7 nitrogen and oxygen atoms in total. The molecule has 0 spiro atoms. The summed E-state index contributed by atoms with van der Waals surface area (Å²) >= 11 is 0. The number of carbonyl (C=O) groups is 2. The van der Waals surface area contributed by atoms with Gasteiger partial charge in [-0.25, -0.2) is 4.79 Å². The lowest BCUT2D eigenvalue weighted by molar-refractivity contribution is -0.119. The third-order valence-electron chi connectivity index (χ3n) is 3.77. The largest absolute Gasteiger partial charge is 0.452 e. The van der Waals surface area contributed by atoms with Gasteiger partial charge in [-0.05, 0) is 60.7 Å². The number of carbonyl (C=O) groups excluding carboxylic acids is 2. The highest BCUT2D eigenvalue weighted by Gasteiger charge is 2.10. The van der Waals surface area contributed by atoms with E-state index in [1.54, 1.807) is 24.3 Å². The van der Waals surface area contributed by atoms with E-state index in [0.29, 0.717) is 16.9 Å². The summed E-state index contributed by atoms with van der Waals surface area (Å²) < 4.78 is 4.98. The smallest absolute Gasteiger partial charge is 0.338 e. The third-order valence-corrected chi connectivity index (χ3v) is 3.77. The predicted molar refractivity (Wildman–Crippen MR) is 107 cm³/mol. The number of nitrogens with zero attached hydrogens (tertiary/aromatic N) is 3. The highest BCUT2D eigenvalue weighted by Crippen LogP contribution is 2.20. The van der Waals surface area contributed by atoms with Crippen LogP contribution >= 0.6 is 0 Å². The van der Waals surface area contributed by atoms with Crippen LogP contribution in [0.2, 0.25) is 0 Å². The first-order chi connectivity index (χ1) is 14.1. The van der Waals surface area contributed by atoms with Crippen molar-refractivity contribution in [3.8, 4) is 6.07 Å². The van der Waals surface area contributed by atoms with Crippen LogP contribution in [0.3, 0.4) is 0 Å². The van der Waals surface area contributed by atoms with E-state index < -0.39 is 18.5 Å². The lowest BCUT2D eigenvalue weighted by atomic mass is 10.1. The quantitative estimate of drug-likeness (QED) is 0.488. The molecule has 0 aliphatic carbocycles. The fourth-order valence-electron chi connectivity index (χ4n) is 2.31. The summed E-state index contributed by atoms with van der Waals surface area (Å²) in [5, 5.41) is 19.6. The summed E-state index contributed by atoms with van der Waals surface area (Å²) in [5.41, 5.74) is 2.63. The van der Waals surface area contributed by atoms with Crippen molar-refractivity contribution in [3.05, 3.63) is 90.0 Å². The molecule has 3 aromatic carbocycles. The highest BCUT2D eigenvalue weighted by molar-refractivity contribution is 5.95. The van der Waals surface area contributed by atoms with Crippen LogP contribution in [0.15, 0.2) is 89.1 Å². The number of azo groups is 1. The number of anilines is 1. The SMILES string of the molecule is N#Cc1ccc(C(=O)OCC(=O)Nc2ccc(N=Nc3ccccc3)cc2)cc1. The molecule has 0 aromatic heterocycles. The summed E-state index contributed by atoms with van der Waals surface area (Å²) in [5.74, 6) is -1.10. The minimum absolute atomic E-state index is 0.268. The zero-order valence-electron chi connectivity index (χ0n) is 15.3. The van der Waals surface area contributed by atoms with Crippen molar-refractivity contribution < 1.29 is 14.3 Å². The number of nitriles is 1. The van der Waals surface area contributed by atoms with Crippen molar-refractivity contribution >= 4 is 28.9 Å². The Labute approximate surface area is 167 Å². The molecule has 142 valence electrons. The van der Waals surface area contributed by atoms with E-state index in [1.165, 1.54) is 24.3 Å². The van der Waals surface area contributed by atoms with Gasteiger partial charge in [0.1, 0.15) is 0 Å². The van der Waals surface area contributed by atoms with Gasteiger partial charge in [-0.1, -0.05) is 18.2 Å². The van der Waals surface area contributed by atoms with Gasteiger partial charge in [0.15, 0.2) is 6.61 Å². The molecule has 7 heteroatoms. The Balaban J connectivity index is 1.49. The summed E-state index contributed by atoms with van der Waals surface area (Å²) in [6.45, 7) is -0.422. The number of ether oxygens (including phenoxy) is 1. The number of hydrogen-bond donors (Lipinski definition) is 1. The Bertz CT molecular complexity index is 1050. The molecule has 0 saturated heterocycles. The Morgan fingerprint density at radius 3 is 2.10 bits per heavy atom. The molecule has 0 aliphatic heterocycles. The molecule has 0 aliphatic rings. The number of hydrogen-bond acceptors (Lipinski definition) is 6. The Hall–Kier alpha value is -4.31. The number of benzene rings is 3. The second-order valence-electron chi connectivity index (χ2n) is 5.90. The first-order valence-electron chi connectivity index (χ1n) is 8.68. The van der Waals surface area contributed by atoms with E-state index in [0.717, 1.165) is 5.69 Å². The second kappa shape index (κ2) is 9.58. The van der Waals surface area contributed by atoms with Crippen LogP contribution in [0.4, 0.5) is 17.1 Å². The van der Waals surface area contributed by atoms with E-state index in [2.05, 4.69) is 15.5 Å². The van der Waals surface area contributed by atoms with E-state index in [9.17, 15) is 9.59 Å². The van der Waals surface area contributed by atoms with Gasteiger partial charge in [0, 0.05) is 5.69 Å². The van der Waals surface area contributed by atoms with Crippen LogP contribution in [0, 0.1) is 11.3 Å². The van der Waals surface area contributed by atoms with Gasteiger partial charge in [0.25, 0.3) is 5.91 Å². The Kier molecular flexibility index (Phi) is 6.42. The van der Waals surface area contributed by atoms with Crippen molar-refractivity contribution in [1.29, 1.82) is 5.26 Å². The van der Waals surface area contributed by atoms with Crippen LogP contribution in [0.5, 0.6) is 0 Å². The molecular weight excluding hydrogens is 368 g/mol. The topological polar surface area (TPSA) is 104 Å². The standard InChI is InChI=1S/C22H16N4O3/c23-14-16-6-8-17(9-7-16)22(28)29-15-21(27)24-18-10-12-20(13-11-18)26-25-19-4-2-1-3-5-19/h1-13H,15H2,(H,24,27). The fraction of sp³-hybridized carbons (Fsp3) is 0.0455. The summed E-state index contributed by atoms with van der Waals surface area (Å²) in [6.07, 6.45) is 0. The van der Waals surface area contributed by atoms with E-state index >= 15 is 0 Å². The molecule has 1 amide bonds. The lowest BCUT2D eigenvalue weighted by Gasteiger charge is -2.07. The number of amides is 1. The number of rotatable bonds is 6. The molecule has 0 heterocycles. The molecule has 29 heavy (non-hydrogen) atoms. The van der Waals surface area contributed by atoms with Crippen molar-refractivity contribution in [3.63, 3.8) is 0 Å². The molecule has 0 radical (unpaired) electrons. The Morgan fingerprint density at radius 1 is 0.862 bits per heavy atom. The van der Waals surface area contributed by atoms with Crippen LogP contribution < -0.4 is 5.32 Å². The zero-order valence-corrected chi connectivity index (χ0v) is 15.3. The maximum Gasteiger partial charge on any atom is 0.338 e. The first-order valence-corrected chi connectivity index (χ1v) is 8.68. The van der Waals surface area contributed by atoms with Crippen molar-refractivity contribution in [2.75, 3.05) is 11.9 Å². The molecule has 3 aromatic rings. The van der Waals surface area contributed by atoms with Crippen molar-refractivity contribution in [2.24, 2.45) is 10.2 Å². The second-order valence-corrected chi connectivity index (χ2v) is 5.90. The maximum absolute atomic E-state index is 12.0. The van der Waals surface area contributed by atoms with Gasteiger partial charge >= 0.3 is 5.97 Å². The fourth-order valence-corrected chi connectivity index (χ4v) is 2.31. The van der Waals surface area contributed by atoms with Gasteiger partial charge in [0.2, 0.25) is 0 Å². The predicted octanol–water partition coefficient (Wildman–Crippen LogP) is 4.77. The van der Waals surface area contributed by atoms with Crippen LogP contribution in [-0.2, 0) is 9.53 Å². The average molecular weight is 384 g/mol. The van der Waals surface area contributed by atoms with Crippen molar-refractivity contribution in [1.82, 2.24) is 0 Å². The zero-order chi connectivity index (χ0) is 20.5. The van der Waals surface area contributed by atoms with Gasteiger partial charge in [0.05, 0.1) is 28.6 Å². The van der Waals surface area contributed by atoms with Crippen LogP contribution in [0.1, 0.15) is 15.9 Å². The molecule has 0 bridgehead atoms. The first kappa shape index (κ1) is 19.5. The van der Waals surface area contributed by atoms with Gasteiger partial charge in [-0.15, -0.1) is 0 Å². The molecule has 3 rings (SSSR count). The molecule has 0 unspecified atom stereocenters. The minimum Gasteiger partial charge on any atom is -0.452 e. The van der Waals surface area contributed by atoms with E-state index in [1.807, 2.05) is 36.4 Å². The molecular formula is C22H16N4O3. The maximum atomic E-state index is 12.0. The van der Waals surface area contributed by atoms with Crippen LogP contribution in [-0.4, -0.2) is 18.5 Å². The lowest BCUT2D eigenvalue weighted by Crippen LogP contribution is -2.20. The summed E-state index contributed by atoms with van der Waals surface area (Å²) in [6, 6.07) is 24.1. The van der Waals surface area contributed by atoms with Gasteiger partial charge in [-0.3, -0.25) is 4.79 Å². The van der Waals surface area contributed by atoms with E-state index in [-0.39, 0.29) is 5.56 Å². The molecule has 0 saturated carbocycles. The highest BCUT2D eigenvalue weighted by atomic mass is 16.5. The summed E-state index contributed by atoms with van der Waals surface area (Å²) in [4.78, 5) is 23.9. The number of esters is 1. The monoisotopic (exact) mass is 384 g/mol. The summed E-state index contributed by atoms with van der Waals surface area (Å²) in [7, 11) is 0. The molecule has 0 fully saturated rings. The minimum atomic E-state index is -0.638. The van der Waals surface area contributed by atoms with E-state index in [4.69, 9.17) is 10.00 Å². The van der Waals surface area contributed by atoms with Crippen molar-refractivity contribution in [2.45, 2.75) is 0 Å². The van der Waals surface area contributed by atoms with Gasteiger partial charge in [-0.2, -0.15) is 15.5 Å². The third kappa shape index (κ3) is 5.84. The number of nitrogens with one attached hydrogen (secondary N) is 1.